The Hall–Kier alpha value is -1.78. The molecule has 3 aromatic rings. The van der Waals surface area contributed by atoms with Crippen molar-refractivity contribution in [1.82, 2.24) is 4.98 Å². The van der Waals surface area contributed by atoms with Gasteiger partial charge in [0.25, 0.3) is 0 Å². The Morgan fingerprint density at radius 1 is 1.20 bits per heavy atom. The van der Waals surface area contributed by atoms with Crippen LogP contribution in [0.5, 0.6) is 0 Å². The zero-order valence-corrected chi connectivity index (χ0v) is 12.5. The molecule has 0 bridgehead atoms. The number of hydrogen-bond acceptors (Lipinski definition) is 4. The van der Waals surface area contributed by atoms with Crippen LogP contribution < -0.4 is 11.1 Å². The predicted octanol–water partition coefficient (Wildman–Crippen LogP) is 4.71. The standard InChI is InChI=1S/C15H14ClN3S/c1-9(14-4-5-15(16)20-14)19-13-3-2-12(17)10-6-7-18-8-11(10)13/h2-9,19H,17H2,1H3. The minimum atomic E-state index is 0.180. The molecule has 2 aromatic heterocycles. The van der Waals surface area contributed by atoms with Crippen molar-refractivity contribution in [3.63, 3.8) is 0 Å². The molecule has 0 saturated heterocycles. The van der Waals surface area contributed by atoms with Crippen LogP contribution in [0.15, 0.2) is 42.7 Å². The van der Waals surface area contributed by atoms with Gasteiger partial charge in [-0.2, -0.15) is 0 Å². The maximum absolute atomic E-state index is 6.00. The molecule has 1 atom stereocenters. The van der Waals surface area contributed by atoms with Crippen LogP contribution in [0.3, 0.4) is 0 Å². The molecule has 0 amide bonds. The van der Waals surface area contributed by atoms with E-state index in [4.69, 9.17) is 17.3 Å². The zero-order valence-electron chi connectivity index (χ0n) is 10.9. The highest BCUT2D eigenvalue weighted by Gasteiger charge is 2.10. The fourth-order valence-corrected chi connectivity index (χ4v) is 3.27. The summed E-state index contributed by atoms with van der Waals surface area (Å²) in [4.78, 5) is 5.38. The van der Waals surface area contributed by atoms with E-state index in [9.17, 15) is 0 Å². The molecule has 0 aliphatic rings. The number of fused-ring (bicyclic) bond motifs is 1. The average molecular weight is 304 g/mol. The minimum Gasteiger partial charge on any atom is -0.398 e. The fraction of sp³-hybridized carbons (Fsp3) is 0.133. The molecule has 0 spiro atoms. The lowest BCUT2D eigenvalue weighted by atomic mass is 10.1. The van der Waals surface area contributed by atoms with E-state index in [1.807, 2.05) is 36.5 Å². The normalized spacial score (nSPS) is 12.5. The van der Waals surface area contributed by atoms with Gasteiger partial charge in [-0.3, -0.25) is 4.98 Å². The van der Waals surface area contributed by atoms with E-state index >= 15 is 0 Å². The highest BCUT2D eigenvalue weighted by molar-refractivity contribution is 7.16. The number of nitrogens with zero attached hydrogens (tertiary/aromatic N) is 1. The largest absolute Gasteiger partial charge is 0.398 e. The van der Waals surface area contributed by atoms with Crippen LogP contribution in [-0.4, -0.2) is 4.98 Å². The van der Waals surface area contributed by atoms with E-state index in [1.165, 1.54) is 4.88 Å². The van der Waals surface area contributed by atoms with E-state index < -0.39 is 0 Å². The monoisotopic (exact) mass is 303 g/mol. The summed E-state index contributed by atoms with van der Waals surface area (Å²) in [6.07, 6.45) is 3.59. The molecule has 5 heteroatoms. The third-order valence-electron chi connectivity index (χ3n) is 3.24. The molecule has 1 aromatic carbocycles. The third-order valence-corrected chi connectivity index (χ3v) is 4.66. The molecule has 102 valence electrons. The first kappa shape index (κ1) is 13.2. The van der Waals surface area contributed by atoms with Crippen LogP contribution in [0, 0.1) is 0 Å². The molecule has 0 saturated carbocycles. The Morgan fingerprint density at radius 3 is 2.80 bits per heavy atom. The number of aromatic nitrogens is 1. The highest BCUT2D eigenvalue weighted by atomic mass is 35.5. The predicted molar refractivity (Wildman–Crippen MR) is 87.5 cm³/mol. The summed E-state index contributed by atoms with van der Waals surface area (Å²) in [5.74, 6) is 0. The molecule has 0 aliphatic carbocycles. The molecule has 3 rings (SSSR count). The van der Waals surface area contributed by atoms with Gasteiger partial charge in [-0.1, -0.05) is 11.6 Å². The maximum Gasteiger partial charge on any atom is 0.0932 e. The first-order valence-corrected chi connectivity index (χ1v) is 7.48. The number of rotatable bonds is 3. The topological polar surface area (TPSA) is 50.9 Å². The van der Waals surface area contributed by atoms with Crippen molar-refractivity contribution in [3.05, 3.63) is 51.9 Å². The fourth-order valence-electron chi connectivity index (χ4n) is 2.20. The molecule has 20 heavy (non-hydrogen) atoms. The Balaban J connectivity index is 1.97. The number of halogens is 1. The van der Waals surface area contributed by atoms with Crippen molar-refractivity contribution in [2.24, 2.45) is 0 Å². The van der Waals surface area contributed by atoms with Crippen molar-refractivity contribution in [1.29, 1.82) is 0 Å². The van der Waals surface area contributed by atoms with Gasteiger partial charge in [-0.25, -0.2) is 0 Å². The van der Waals surface area contributed by atoms with Gasteiger partial charge in [0.1, 0.15) is 0 Å². The highest BCUT2D eigenvalue weighted by Crippen LogP contribution is 2.32. The number of thiophene rings is 1. The Bertz CT molecular complexity index is 754. The summed E-state index contributed by atoms with van der Waals surface area (Å²) in [5.41, 5.74) is 7.79. The van der Waals surface area contributed by atoms with Crippen LogP contribution in [0.25, 0.3) is 10.8 Å². The molecule has 1 unspecified atom stereocenters. The van der Waals surface area contributed by atoms with Gasteiger partial charge in [0.2, 0.25) is 0 Å². The molecular weight excluding hydrogens is 290 g/mol. The summed E-state index contributed by atoms with van der Waals surface area (Å²) in [6, 6.07) is 9.98. The summed E-state index contributed by atoms with van der Waals surface area (Å²) in [7, 11) is 0. The Morgan fingerprint density at radius 2 is 2.05 bits per heavy atom. The lowest BCUT2D eigenvalue weighted by Gasteiger charge is -2.16. The van der Waals surface area contributed by atoms with Crippen LogP contribution >= 0.6 is 22.9 Å². The van der Waals surface area contributed by atoms with E-state index in [0.29, 0.717) is 0 Å². The quantitative estimate of drug-likeness (QED) is 0.689. The van der Waals surface area contributed by atoms with Crippen LogP contribution in [0.4, 0.5) is 11.4 Å². The number of benzene rings is 1. The van der Waals surface area contributed by atoms with Gasteiger partial charge in [0.15, 0.2) is 0 Å². The number of hydrogen-bond donors (Lipinski definition) is 2. The molecule has 3 nitrogen and oxygen atoms in total. The van der Waals surface area contributed by atoms with Crippen molar-refractivity contribution in [2.45, 2.75) is 13.0 Å². The van der Waals surface area contributed by atoms with Gasteiger partial charge in [0, 0.05) is 39.4 Å². The van der Waals surface area contributed by atoms with E-state index in [2.05, 4.69) is 17.2 Å². The lowest BCUT2D eigenvalue weighted by molar-refractivity contribution is 0.910. The van der Waals surface area contributed by atoms with E-state index in [-0.39, 0.29) is 6.04 Å². The second-order valence-electron chi connectivity index (χ2n) is 4.63. The first-order valence-electron chi connectivity index (χ1n) is 6.29. The number of pyridine rings is 1. The molecule has 0 radical (unpaired) electrons. The minimum absolute atomic E-state index is 0.180. The number of nitrogens with one attached hydrogen (secondary N) is 1. The number of nitrogen functional groups attached to an aromatic ring is 1. The molecular formula is C15H14ClN3S. The number of anilines is 2. The second-order valence-corrected chi connectivity index (χ2v) is 6.38. The maximum atomic E-state index is 6.00. The van der Waals surface area contributed by atoms with E-state index in [0.717, 1.165) is 26.5 Å². The van der Waals surface area contributed by atoms with Gasteiger partial charge >= 0.3 is 0 Å². The SMILES string of the molecule is CC(Nc1ccc(N)c2ccncc12)c1ccc(Cl)s1. The summed E-state index contributed by atoms with van der Waals surface area (Å²) in [6.45, 7) is 2.11. The van der Waals surface area contributed by atoms with Gasteiger partial charge in [-0.05, 0) is 37.3 Å². The summed E-state index contributed by atoms with van der Waals surface area (Å²) >= 11 is 7.57. The van der Waals surface area contributed by atoms with Crippen molar-refractivity contribution in [2.75, 3.05) is 11.1 Å². The van der Waals surface area contributed by atoms with Gasteiger partial charge in [-0.15, -0.1) is 11.3 Å². The first-order chi connectivity index (χ1) is 9.65. The van der Waals surface area contributed by atoms with Crippen LogP contribution in [-0.2, 0) is 0 Å². The van der Waals surface area contributed by atoms with Gasteiger partial charge in [0.05, 0.1) is 10.4 Å². The zero-order chi connectivity index (χ0) is 14.1. The van der Waals surface area contributed by atoms with Crippen LogP contribution in [0.1, 0.15) is 17.8 Å². The molecule has 0 fully saturated rings. The summed E-state index contributed by atoms with van der Waals surface area (Å²) < 4.78 is 0.803. The molecule has 2 heterocycles. The Labute approximate surface area is 126 Å². The van der Waals surface area contributed by atoms with Crippen molar-refractivity contribution >= 4 is 45.1 Å². The van der Waals surface area contributed by atoms with Crippen molar-refractivity contribution in [3.8, 4) is 0 Å². The average Bonchev–Trinajstić information content (AvgIpc) is 2.89. The second kappa shape index (κ2) is 5.31. The molecule has 3 N–H and O–H groups in total. The lowest BCUT2D eigenvalue weighted by Crippen LogP contribution is -2.05. The van der Waals surface area contributed by atoms with Gasteiger partial charge < -0.3 is 11.1 Å². The molecule has 0 aliphatic heterocycles. The van der Waals surface area contributed by atoms with Crippen LogP contribution in [0.2, 0.25) is 4.34 Å². The van der Waals surface area contributed by atoms with Crippen molar-refractivity contribution < 1.29 is 0 Å². The Kier molecular flexibility index (Phi) is 3.51. The number of nitrogens with two attached hydrogens (primary N) is 1. The smallest absolute Gasteiger partial charge is 0.0932 e. The van der Waals surface area contributed by atoms with E-state index in [1.54, 1.807) is 17.5 Å². The summed E-state index contributed by atoms with van der Waals surface area (Å²) in [5, 5.41) is 5.54. The third kappa shape index (κ3) is 2.44.